The lowest BCUT2D eigenvalue weighted by atomic mass is 10.2. The van der Waals surface area contributed by atoms with Gasteiger partial charge in [-0.25, -0.2) is 4.98 Å². The minimum Gasteiger partial charge on any atom is -0.497 e. The highest BCUT2D eigenvalue weighted by Crippen LogP contribution is 2.18. The van der Waals surface area contributed by atoms with E-state index in [1.807, 2.05) is 24.3 Å². The zero-order valence-electron chi connectivity index (χ0n) is 11.2. The molecule has 0 radical (unpaired) electrons. The van der Waals surface area contributed by atoms with Gasteiger partial charge in [0.2, 0.25) is 5.91 Å². The SMILES string of the molecule is COc1ccc(-c2n[nH]c(CNC(=O)CCN)n2)cc1. The number of nitrogens with two attached hydrogens (primary N) is 1. The molecule has 0 bridgehead atoms. The minimum atomic E-state index is -0.102. The average molecular weight is 275 g/mol. The third-order valence-corrected chi connectivity index (χ3v) is 2.70. The van der Waals surface area contributed by atoms with Gasteiger partial charge in [-0.15, -0.1) is 0 Å². The Kier molecular flexibility index (Phi) is 4.67. The predicted molar refractivity (Wildman–Crippen MR) is 73.9 cm³/mol. The molecule has 1 aromatic heterocycles. The highest BCUT2D eigenvalue weighted by molar-refractivity contribution is 5.75. The van der Waals surface area contributed by atoms with E-state index in [9.17, 15) is 4.79 Å². The molecule has 7 nitrogen and oxygen atoms in total. The molecule has 0 spiro atoms. The standard InChI is InChI=1S/C13H17N5O2/c1-20-10-4-2-9(3-5-10)13-16-11(17-18-13)8-15-12(19)6-7-14/h2-5H,6-8,14H2,1H3,(H,15,19)(H,16,17,18). The summed E-state index contributed by atoms with van der Waals surface area (Å²) in [6, 6.07) is 7.43. The number of hydrogen-bond donors (Lipinski definition) is 3. The summed E-state index contributed by atoms with van der Waals surface area (Å²) >= 11 is 0. The van der Waals surface area contributed by atoms with Crippen molar-refractivity contribution < 1.29 is 9.53 Å². The molecule has 0 aliphatic carbocycles. The Morgan fingerprint density at radius 2 is 2.15 bits per heavy atom. The number of hydrogen-bond acceptors (Lipinski definition) is 5. The van der Waals surface area contributed by atoms with Gasteiger partial charge < -0.3 is 15.8 Å². The molecular formula is C13H17N5O2. The number of aromatic amines is 1. The molecule has 0 atom stereocenters. The Morgan fingerprint density at radius 1 is 1.40 bits per heavy atom. The molecular weight excluding hydrogens is 258 g/mol. The van der Waals surface area contributed by atoms with Crippen LogP contribution in [0.2, 0.25) is 0 Å². The van der Waals surface area contributed by atoms with E-state index >= 15 is 0 Å². The smallest absolute Gasteiger partial charge is 0.221 e. The molecule has 1 aromatic carbocycles. The van der Waals surface area contributed by atoms with Crippen LogP contribution in [0, 0.1) is 0 Å². The molecule has 0 fully saturated rings. The first-order chi connectivity index (χ1) is 9.72. The summed E-state index contributed by atoms with van der Waals surface area (Å²) in [5.41, 5.74) is 6.17. The third kappa shape index (κ3) is 3.55. The number of nitrogens with one attached hydrogen (secondary N) is 2. The van der Waals surface area contributed by atoms with Crippen molar-refractivity contribution in [3.8, 4) is 17.1 Å². The lowest BCUT2D eigenvalue weighted by molar-refractivity contribution is -0.121. The highest BCUT2D eigenvalue weighted by Gasteiger charge is 2.07. The number of rotatable bonds is 6. The van der Waals surface area contributed by atoms with Crippen LogP contribution in [0.5, 0.6) is 5.75 Å². The van der Waals surface area contributed by atoms with Gasteiger partial charge in [-0.05, 0) is 24.3 Å². The molecule has 1 heterocycles. The Labute approximate surface area is 116 Å². The van der Waals surface area contributed by atoms with Gasteiger partial charge in [0.1, 0.15) is 11.6 Å². The van der Waals surface area contributed by atoms with Crippen LogP contribution < -0.4 is 15.8 Å². The van der Waals surface area contributed by atoms with Gasteiger partial charge in [-0.1, -0.05) is 0 Å². The van der Waals surface area contributed by atoms with Crippen LogP contribution in [0.4, 0.5) is 0 Å². The highest BCUT2D eigenvalue weighted by atomic mass is 16.5. The summed E-state index contributed by atoms with van der Waals surface area (Å²) in [4.78, 5) is 15.6. The van der Waals surface area contributed by atoms with Crippen LogP contribution >= 0.6 is 0 Å². The molecule has 1 amide bonds. The van der Waals surface area contributed by atoms with Crippen molar-refractivity contribution in [2.24, 2.45) is 5.73 Å². The van der Waals surface area contributed by atoms with E-state index in [1.54, 1.807) is 7.11 Å². The van der Waals surface area contributed by atoms with E-state index in [0.717, 1.165) is 11.3 Å². The molecule has 0 saturated carbocycles. The first kappa shape index (κ1) is 14.0. The second kappa shape index (κ2) is 6.67. The van der Waals surface area contributed by atoms with Crippen LogP contribution in [0.25, 0.3) is 11.4 Å². The molecule has 20 heavy (non-hydrogen) atoms. The topological polar surface area (TPSA) is 106 Å². The van der Waals surface area contributed by atoms with Crippen LogP contribution in [0.3, 0.4) is 0 Å². The number of methoxy groups -OCH3 is 1. The summed E-state index contributed by atoms with van der Waals surface area (Å²) in [6.45, 7) is 0.640. The fourth-order valence-electron chi connectivity index (χ4n) is 1.65. The van der Waals surface area contributed by atoms with Crippen molar-refractivity contribution in [1.82, 2.24) is 20.5 Å². The van der Waals surface area contributed by atoms with Crippen molar-refractivity contribution in [3.63, 3.8) is 0 Å². The number of benzene rings is 1. The summed E-state index contributed by atoms with van der Waals surface area (Å²) in [6.07, 6.45) is 0.305. The molecule has 0 saturated heterocycles. The van der Waals surface area contributed by atoms with Crippen molar-refractivity contribution in [3.05, 3.63) is 30.1 Å². The lowest BCUT2D eigenvalue weighted by Crippen LogP contribution is -2.25. The molecule has 106 valence electrons. The zero-order chi connectivity index (χ0) is 14.4. The quantitative estimate of drug-likeness (QED) is 0.709. The number of carbonyl (C=O) groups is 1. The summed E-state index contributed by atoms with van der Waals surface area (Å²) in [7, 11) is 1.62. The van der Waals surface area contributed by atoms with Crippen molar-refractivity contribution >= 4 is 5.91 Å². The average Bonchev–Trinajstić information content (AvgIpc) is 2.94. The van der Waals surface area contributed by atoms with Crippen LogP contribution in [0.1, 0.15) is 12.2 Å². The van der Waals surface area contributed by atoms with E-state index < -0.39 is 0 Å². The predicted octanol–water partition coefficient (Wildman–Crippen LogP) is 0.445. The monoisotopic (exact) mass is 275 g/mol. The van der Waals surface area contributed by atoms with Gasteiger partial charge in [0.25, 0.3) is 0 Å². The number of H-pyrrole nitrogens is 1. The van der Waals surface area contributed by atoms with E-state index in [1.165, 1.54) is 0 Å². The number of amides is 1. The van der Waals surface area contributed by atoms with Crippen LogP contribution in [-0.4, -0.2) is 34.7 Å². The van der Waals surface area contributed by atoms with Crippen molar-refractivity contribution in [2.75, 3.05) is 13.7 Å². The second-order valence-corrected chi connectivity index (χ2v) is 4.15. The fraction of sp³-hybridized carbons (Fsp3) is 0.308. The Morgan fingerprint density at radius 3 is 2.80 bits per heavy atom. The van der Waals surface area contributed by atoms with Gasteiger partial charge in [0.05, 0.1) is 13.7 Å². The second-order valence-electron chi connectivity index (χ2n) is 4.15. The minimum absolute atomic E-state index is 0.102. The lowest BCUT2D eigenvalue weighted by Gasteiger charge is -2.00. The molecule has 0 aliphatic heterocycles. The third-order valence-electron chi connectivity index (χ3n) is 2.70. The van der Waals surface area contributed by atoms with Crippen LogP contribution in [-0.2, 0) is 11.3 Å². The molecule has 0 unspecified atom stereocenters. The van der Waals surface area contributed by atoms with E-state index in [2.05, 4.69) is 20.5 Å². The molecule has 0 aliphatic rings. The summed E-state index contributed by atoms with van der Waals surface area (Å²) in [5, 5.41) is 9.62. The molecule has 7 heteroatoms. The van der Waals surface area contributed by atoms with Gasteiger partial charge in [-0.3, -0.25) is 9.89 Å². The first-order valence-corrected chi connectivity index (χ1v) is 6.25. The molecule has 2 rings (SSSR count). The fourth-order valence-corrected chi connectivity index (χ4v) is 1.65. The van der Waals surface area contributed by atoms with Gasteiger partial charge in [-0.2, -0.15) is 5.10 Å². The Bertz CT molecular complexity index is 564. The number of carbonyl (C=O) groups excluding carboxylic acids is 1. The Balaban J connectivity index is 1.99. The summed E-state index contributed by atoms with van der Waals surface area (Å²) < 4.78 is 5.09. The first-order valence-electron chi connectivity index (χ1n) is 6.25. The normalized spacial score (nSPS) is 10.3. The molecule has 2 aromatic rings. The van der Waals surface area contributed by atoms with Gasteiger partial charge >= 0.3 is 0 Å². The van der Waals surface area contributed by atoms with Gasteiger partial charge in [0, 0.05) is 18.5 Å². The molecule has 4 N–H and O–H groups in total. The maximum Gasteiger partial charge on any atom is 0.221 e. The van der Waals surface area contributed by atoms with E-state index in [0.29, 0.717) is 31.2 Å². The zero-order valence-corrected chi connectivity index (χ0v) is 11.2. The van der Waals surface area contributed by atoms with E-state index in [4.69, 9.17) is 10.5 Å². The largest absolute Gasteiger partial charge is 0.497 e. The van der Waals surface area contributed by atoms with E-state index in [-0.39, 0.29) is 5.91 Å². The number of nitrogens with zero attached hydrogens (tertiary/aromatic N) is 2. The summed E-state index contributed by atoms with van der Waals surface area (Å²) in [5.74, 6) is 1.85. The Hall–Kier alpha value is -2.41. The maximum atomic E-state index is 11.3. The van der Waals surface area contributed by atoms with Gasteiger partial charge in [0.15, 0.2) is 5.82 Å². The number of aromatic nitrogens is 3. The maximum absolute atomic E-state index is 11.3. The van der Waals surface area contributed by atoms with Crippen LogP contribution in [0.15, 0.2) is 24.3 Å². The number of ether oxygens (including phenoxy) is 1. The van der Waals surface area contributed by atoms with Crippen molar-refractivity contribution in [1.29, 1.82) is 0 Å². The van der Waals surface area contributed by atoms with Crippen molar-refractivity contribution in [2.45, 2.75) is 13.0 Å².